The molecule has 1 atom stereocenters. The van der Waals surface area contributed by atoms with Crippen LogP contribution in [0.2, 0.25) is 0 Å². The highest BCUT2D eigenvalue weighted by molar-refractivity contribution is 14.2. The average molecular weight is 1060 g/mol. The van der Waals surface area contributed by atoms with Gasteiger partial charge in [-0.3, -0.25) is 0 Å². The van der Waals surface area contributed by atoms with E-state index in [9.17, 15) is 0 Å². The molecule has 1 unspecified atom stereocenters. The normalized spacial score (nSPS) is 15.2. The van der Waals surface area contributed by atoms with E-state index in [2.05, 4.69) is 234 Å². The van der Waals surface area contributed by atoms with Crippen molar-refractivity contribution in [1.29, 1.82) is 0 Å². The summed E-state index contributed by atoms with van der Waals surface area (Å²) in [5.41, 5.74) is 16.9. The molecule has 14 rings (SSSR count). The van der Waals surface area contributed by atoms with Gasteiger partial charge in [0.2, 0.25) is 0 Å². The Balaban J connectivity index is 0.806. The summed E-state index contributed by atoms with van der Waals surface area (Å²) >= 11 is -0.482. The molecule has 2 aliphatic carbocycles. The average Bonchev–Trinajstić information content (AvgIpc) is 4.03. The lowest BCUT2D eigenvalue weighted by Crippen LogP contribution is -2.30. The van der Waals surface area contributed by atoms with Gasteiger partial charge in [0.15, 0.2) is 5.82 Å². The summed E-state index contributed by atoms with van der Waals surface area (Å²) in [6, 6.07) is 74.5. The van der Waals surface area contributed by atoms with Gasteiger partial charge in [0, 0.05) is 75.6 Å². The van der Waals surface area contributed by atoms with Crippen molar-refractivity contribution in [1.82, 2.24) is 19.1 Å². The first-order valence-corrected chi connectivity index (χ1v) is 27.6. The van der Waals surface area contributed by atoms with E-state index in [1.54, 1.807) is 0 Å². The maximum absolute atomic E-state index is 5.29. The minimum absolute atomic E-state index is 0.288. The van der Waals surface area contributed by atoms with Crippen LogP contribution in [-0.4, -0.2) is 28.4 Å². The van der Waals surface area contributed by atoms with Crippen molar-refractivity contribution in [3.05, 3.63) is 258 Å². The van der Waals surface area contributed by atoms with Gasteiger partial charge in [-0.25, -0.2) is 15.0 Å². The summed E-state index contributed by atoms with van der Waals surface area (Å²) in [5, 5.41) is 6.32. The van der Waals surface area contributed by atoms with E-state index in [-0.39, 0.29) is 5.92 Å². The Bertz CT molecular complexity index is 4230. The van der Waals surface area contributed by atoms with Gasteiger partial charge in [0.05, 0.1) is 27.9 Å². The highest BCUT2D eigenvalue weighted by atomic mass is 127. The number of benzene rings is 8. The summed E-state index contributed by atoms with van der Waals surface area (Å²) in [6.07, 6.45) is 19.1. The molecule has 0 amide bonds. The van der Waals surface area contributed by atoms with Crippen LogP contribution in [0, 0.1) is 5.92 Å². The summed E-state index contributed by atoms with van der Waals surface area (Å²) < 4.78 is 7.51. The minimum Gasteiger partial charge on any atom is -0.310 e. The third-order valence-corrected chi connectivity index (χ3v) is 17.5. The lowest BCUT2D eigenvalue weighted by atomic mass is 9.94. The van der Waals surface area contributed by atoms with Crippen molar-refractivity contribution >= 4 is 78.5 Å². The summed E-state index contributed by atoms with van der Waals surface area (Å²) in [7, 11) is 0. The zero-order valence-corrected chi connectivity index (χ0v) is 42.6. The van der Waals surface area contributed by atoms with E-state index >= 15 is 0 Å². The van der Waals surface area contributed by atoms with Gasteiger partial charge in [-0.2, -0.15) is 0 Å². The molecule has 0 saturated heterocycles. The van der Waals surface area contributed by atoms with Crippen LogP contribution in [0.4, 0.5) is 0 Å². The standard InChI is InChI=1S/C68H48IN5/c1-5-17-46(18-6-1)60-43-59(69-67(70-60)49-21-9-3-10-22-49)45-29-35-53(36-30-45)73-63-27-15-13-25-55(63)57-41-51(33-39-65(57)73)52-34-40-66-58(42-52)56-26-14-16-28-64(56)74(66)54-37-31-48(32-38-54)62-44-61(47-19-7-2-8-20-47)71-68(72-62)50-23-11-4-12-24-50/h1-13,15,17,19-44,46H,14,16,18H2. The fourth-order valence-electron chi connectivity index (χ4n) is 10.9. The Hall–Kier alpha value is -8.59. The molecular formula is C68H48IN5. The predicted octanol–water partition coefficient (Wildman–Crippen LogP) is 15.6. The van der Waals surface area contributed by atoms with E-state index in [4.69, 9.17) is 15.0 Å². The van der Waals surface area contributed by atoms with Crippen LogP contribution in [0.3, 0.4) is 0 Å². The molecule has 8 aromatic carbocycles. The smallest absolute Gasteiger partial charge is 0.160 e. The van der Waals surface area contributed by atoms with Crippen molar-refractivity contribution in [2.45, 2.75) is 19.3 Å². The van der Waals surface area contributed by atoms with Gasteiger partial charge in [0.25, 0.3) is 0 Å². The van der Waals surface area contributed by atoms with Crippen molar-refractivity contribution in [3.8, 4) is 56.4 Å². The molecule has 6 heteroatoms. The first-order valence-electron chi connectivity index (χ1n) is 25.5. The van der Waals surface area contributed by atoms with E-state index in [0.29, 0.717) is 5.82 Å². The maximum atomic E-state index is 5.29. The molecule has 4 heterocycles. The second-order valence-electron chi connectivity index (χ2n) is 19.2. The number of hydrogen-bond donors (Lipinski definition) is 0. The molecule has 11 aromatic rings. The molecule has 3 aliphatic rings. The summed E-state index contributed by atoms with van der Waals surface area (Å²) in [4.78, 5) is 15.4. The van der Waals surface area contributed by atoms with E-state index in [0.717, 1.165) is 64.4 Å². The number of hydrogen-bond acceptors (Lipinski definition) is 3. The van der Waals surface area contributed by atoms with Gasteiger partial charge in [-0.05, 0) is 103 Å². The molecule has 0 N–H and O–H groups in total. The maximum Gasteiger partial charge on any atom is 0.160 e. The molecule has 5 nitrogen and oxygen atoms in total. The van der Waals surface area contributed by atoms with Crippen LogP contribution in [0.5, 0.6) is 0 Å². The molecule has 0 fully saturated rings. The SMILES string of the molecule is C1=CCC(C2=NC(c3ccccc3)=IC(c3ccc(-n4c5ccccc5c5cc(-c6ccc7c(c6)c6c(n7-c7ccc(-c8cc(-c9ccccc9)nc(-c9ccccc9)n8)cc7)=CCCC=6)ccc54)cc3)=C2)C=C1. The number of halogens is 1. The molecule has 0 saturated carbocycles. The lowest BCUT2D eigenvalue weighted by Gasteiger charge is -2.19. The van der Waals surface area contributed by atoms with Gasteiger partial charge in [0.1, 0.15) is 3.63 Å². The summed E-state index contributed by atoms with van der Waals surface area (Å²) in [5.74, 6) is 1.00. The first-order chi connectivity index (χ1) is 36.7. The Morgan fingerprint density at radius 2 is 1.01 bits per heavy atom. The zero-order chi connectivity index (χ0) is 49.0. The summed E-state index contributed by atoms with van der Waals surface area (Å²) in [6.45, 7) is 0. The number of nitrogens with zero attached hydrogens (tertiary/aromatic N) is 5. The van der Waals surface area contributed by atoms with E-state index < -0.39 is 20.7 Å². The largest absolute Gasteiger partial charge is 0.310 e. The number of fused-ring (bicyclic) bond motifs is 6. The molecular weight excluding hydrogens is 1010 g/mol. The quantitative estimate of drug-likeness (QED) is 0.135. The van der Waals surface area contributed by atoms with Crippen molar-refractivity contribution < 1.29 is 0 Å². The Labute approximate surface area is 439 Å². The van der Waals surface area contributed by atoms with Crippen molar-refractivity contribution in [3.63, 3.8) is 0 Å². The molecule has 1 aliphatic heterocycles. The second kappa shape index (κ2) is 18.8. The zero-order valence-electron chi connectivity index (χ0n) is 40.5. The third kappa shape index (κ3) is 8.03. The molecule has 0 bridgehead atoms. The first kappa shape index (κ1) is 44.1. The van der Waals surface area contributed by atoms with E-state index in [1.807, 2.05) is 24.3 Å². The number of rotatable bonds is 9. The van der Waals surface area contributed by atoms with Gasteiger partial charge >= 0.3 is 0 Å². The molecule has 0 spiro atoms. The highest BCUT2D eigenvalue weighted by Gasteiger charge is 2.21. The van der Waals surface area contributed by atoms with Crippen LogP contribution in [0.15, 0.2) is 242 Å². The predicted molar refractivity (Wildman–Crippen MR) is 319 cm³/mol. The monoisotopic (exact) mass is 1060 g/mol. The fraction of sp³-hybridized carbons (Fsp3) is 0.0588. The minimum atomic E-state index is -0.482. The molecule has 352 valence electrons. The van der Waals surface area contributed by atoms with Crippen molar-refractivity contribution in [2.75, 3.05) is 0 Å². The van der Waals surface area contributed by atoms with Crippen LogP contribution >= 0.6 is 20.7 Å². The molecule has 3 aromatic heterocycles. The molecule has 74 heavy (non-hydrogen) atoms. The van der Waals surface area contributed by atoms with Crippen LogP contribution in [0.1, 0.15) is 30.4 Å². The Morgan fingerprint density at radius 1 is 0.446 bits per heavy atom. The highest BCUT2D eigenvalue weighted by Crippen LogP contribution is 2.39. The van der Waals surface area contributed by atoms with Crippen LogP contribution < -0.4 is 10.6 Å². The van der Waals surface area contributed by atoms with Crippen LogP contribution in [-0.2, 0) is 0 Å². The number of aliphatic imine (C=N–C) groups is 1. The molecule has 0 radical (unpaired) electrons. The van der Waals surface area contributed by atoms with E-state index in [1.165, 1.54) is 72.7 Å². The lowest BCUT2D eigenvalue weighted by molar-refractivity contribution is 0.874. The van der Waals surface area contributed by atoms with Gasteiger partial charge in [-0.1, -0.05) is 203 Å². The van der Waals surface area contributed by atoms with Gasteiger partial charge < -0.3 is 9.13 Å². The Kier molecular flexibility index (Phi) is 11.2. The van der Waals surface area contributed by atoms with Crippen LogP contribution in [0.25, 0.3) is 105 Å². The topological polar surface area (TPSA) is 48.0 Å². The third-order valence-electron chi connectivity index (χ3n) is 14.6. The fourth-order valence-corrected chi connectivity index (χ4v) is 13.7. The number of para-hydroxylation sites is 1. The number of allylic oxidation sites excluding steroid dienone is 5. The Morgan fingerprint density at radius 3 is 1.72 bits per heavy atom. The second-order valence-corrected chi connectivity index (χ2v) is 21.9. The van der Waals surface area contributed by atoms with Crippen molar-refractivity contribution in [2.24, 2.45) is 10.9 Å². The number of aromatic nitrogens is 4. The van der Waals surface area contributed by atoms with Gasteiger partial charge in [-0.15, -0.1) is 0 Å².